The van der Waals surface area contributed by atoms with Gasteiger partial charge in [0.15, 0.2) is 0 Å². The first kappa shape index (κ1) is 16.4. The smallest absolute Gasteiger partial charge is 0.119 e. The lowest BCUT2D eigenvalue weighted by atomic mass is 10.1. The normalized spacial score (nSPS) is 10.1. The van der Waals surface area contributed by atoms with Crippen LogP contribution in [-0.2, 0) is 0 Å². The lowest BCUT2D eigenvalue weighted by molar-refractivity contribution is 0.415. The number of fused-ring (bicyclic) bond motifs is 1. The molecule has 0 fully saturated rings. The Hall–Kier alpha value is -1.97. The van der Waals surface area contributed by atoms with Crippen molar-refractivity contribution in [3.8, 4) is 5.75 Å². The van der Waals surface area contributed by atoms with Crippen molar-refractivity contribution in [1.29, 1.82) is 0 Å². The fraction of sp³-hybridized carbons (Fsp3) is 0.118. The van der Waals surface area contributed by atoms with Crippen molar-refractivity contribution in [1.82, 2.24) is 4.98 Å². The van der Waals surface area contributed by atoms with Crippen molar-refractivity contribution in [2.45, 2.75) is 6.92 Å². The second kappa shape index (κ2) is 6.86. The minimum Gasteiger partial charge on any atom is -0.497 e. The molecule has 0 saturated heterocycles. The first-order chi connectivity index (χ1) is 10.2. The third-order valence-corrected chi connectivity index (χ3v) is 3.52. The second-order valence-corrected chi connectivity index (χ2v) is 5.26. The minimum absolute atomic E-state index is 0. The molecule has 22 heavy (non-hydrogen) atoms. The zero-order valence-electron chi connectivity index (χ0n) is 12.3. The van der Waals surface area contributed by atoms with E-state index in [-0.39, 0.29) is 12.4 Å². The van der Waals surface area contributed by atoms with Gasteiger partial charge in [-0.2, -0.15) is 0 Å². The van der Waals surface area contributed by atoms with Gasteiger partial charge in [-0.05, 0) is 55.5 Å². The van der Waals surface area contributed by atoms with E-state index in [2.05, 4.69) is 10.3 Å². The number of aryl methyl sites for hydroxylation is 1. The molecular weight excluding hydrogens is 319 g/mol. The Morgan fingerprint density at radius 3 is 2.45 bits per heavy atom. The van der Waals surface area contributed by atoms with E-state index in [1.165, 1.54) is 0 Å². The molecule has 0 unspecified atom stereocenters. The molecule has 0 aliphatic rings. The van der Waals surface area contributed by atoms with Crippen molar-refractivity contribution >= 4 is 46.3 Å². The number of hydrogen-bond acceptors (Lipinski definition) is 3. The van der Waals surface area contributed by atoms with Crippen LogP contribution in [0.5, 0.6) is 5.75 Å². The molecule has 0 amide bonds. The summed E-state index contributed by atoms with van der Waals surface area (Å²) in [4.78, 5) is 4.55. The number of nitrogens with zero attached hydrogens (tertiary/aromatic N) is 1. The van der Waals surface area contributed by atoms with Crippen LogP contribution in [0.25, 0.3) is 10.9 Å². The Bertz CT molecular complexity index is 789. The Morgan fingerprint density at radius 2 is 1.77 bits per heavy atom. The first-order valence-electron chi connectivity index (χ1n) is 6.64. The number of halogens is 2. The van der Waals surface area contributed by atoms with Crippen LogP contribution in [0.3, 0.4) is 0 Å². The standard InChI is InChI=1S/C17H15ClN2O.ClH/c1-11-9-17(20-13-5-3-12(18)4-6-13)15-10-14(21-2)7-8-16(15)19-11;/h3-10H,1-2H3,(H,19,20);1H. The number of rotatable bonds is 3. The molecule has 3 aromatic rings. The van der Waals surface area contributed by atoms with Crippen LogP contribution in [-0.4, -0.2) is 12.1 Å². The number of ether oxygens (including phenoxy) is 1. The van der Waals surface area contributed by atoms with Crippen LogP contribution < -0.4 is 10.1 Å². The molecule has 0 aliphatic carbocycles. The number of anilines is 2. The molecule has 0 saturated carbocycles. The van der Waals surface area contributed by atoms with Gasteiger partial charge in [0.25, 0.3) is 0 Å². The van der Waals surface area contributed by atoms with Gasteiger partial charge in [-0.25, -0.2) is 0 Å². The van der Waals surface area contributed by atoms with Crippen LogP contribution >= 0.6 is 24.0 Å². The lowest BCUT2D eigenvalue weighted by Gasteiger charge is -2.12. The Labute approximate surface area is 140 Å². The van der Waals surface area contributed by atoms with E-state index in [1.807, 2.05) is 55.5 Å². The van der Waals surface area contributed by atoms with E-state index >= 15 is 0 Å². The van der Waals surface area contributed by atoms with Crippen LogP contribution in [0, 0.1) is 6.92 Å². The maximum Gasteiger partial charge on any atom is 0.119 e. The van der Waals surface area contributed by atoms with E-state index in [0.29, 0.717) is 0 Å². The molecule has 3 rings (SSSR count). The zero-order chi connectivity index (χ0) is 14.8. The topological polar surface area (TPSA) is 34.1 Å². The third-order valence-electron chi connectivity index (χ3n) is 3.27. The van der Waals surface area contributed by atoms with Crippen molar-refractivity contribution in [2.75, 3.05) is 12.4 Å². The van der Waals surface area contributed by atoms with E-state index in [1.54, 1.807) is 7.11 Å². The third kappa shape index (κ3) is 3.43. The van der Waals surface area contributed by atoms with E-state index in [9.17, 15) is 0 Å². The number of pyridine rings is 1. The average Bonchev–Trinajstić information content (AvgIpc) is 2.49. The van der Waals surface area contributed by atoms with Gasteiger partial charge in [-0.3, -0.25) is 4.98 Å². The van der Waals surface area contributed by atoms with Crippen LogP contribution in [0.1, 0.15) is 5.69 Å². The first-order valence-corrected chi connectivity index (χ1v) is 7.01. The summed E-state index contributed by atoms with van der Waals surface area (Å²) in [6, 6.07) is 15.5. The molecule has 5 heteroatoms. The SMILES string of the molecule is COc1ccc2nc(C)cc(Nc3ccc(Cl)cc3)c2c1.Cl. The fourth-order valence-corrected chi connectivity index (χ4v) is 2.38. The number of benzene rings is 2. The highest BCUT2D eigenvalue weighted by molar-refractivity contribution is 6.30. The summed E-state index contributed by atoms with van der Waals surface area (Å²) < 4.78 is 5.30. The lowest BCUT2D eigenvalue weighted by Crippen LogP contribution is -1.95. The minimum atomic E-state index is 0. The number of methoxy groups -OCH3 is 1. The van der Waals surface area contributed by atoms with Crippen molar-refractivity contribution in [2.24, 2.45) is 0 Å². The van der Waals surface area contributed by atoms with Gasteiger partial charge in [0, 0.05) is 27.5 Å². The van der Waals surface area contributed by atoms with E-state index in [4.69, 9.17) is 16.3 Å². The molecule has 0 spiro atoms. The van der Waals surface area contributed by atoms with Gasteiger partial charge in [0.1, 0.15) is 5.75 Å². The quantitative estimate of drug-likeness (QED) is 0.699. The molecule has 114 valence electrons. The summed E-state index contributed by atoms with van der Waals surface area (Å²) in [5, 5.41) is 5.16. The highest BCUT2D eigenvalue weighted by Gasteiger charge is 2.06. The van der Waals surface area contributed by atoms with E-state index in [0.717, 1.165) is 38.7 Å². The van der Waals surface area contributed by atoms with Gasteiger partial charge >= 0.3 is 0 Å². The molecule has 1 aromatic heterocycles. The molecule has 1 N–H and O–H groups in total. The summed E-state index contributed by atoms with van der Waals surface area (Å²) in [5.74, 6) is 0.812. The molecule has 0 aliphatic heterocycles. The second-order valence-electron chi connectivity index (χ2n) is 4.83. The summed E-state index contributed by atoms with van der Waals surface area (Å²) >= 11 is 5.92. The van der Waals surface area contributed by atoms with Crippen molar-refractivity contribution < 1.29 is 4.74 Å². The number of aromatic nitrogens is 1. The summed E-state index contributed by atoms with van der Waals surface area (Å²) in [6.07, 6.45) is 0. The molecule has 0 bridgehead atoms. The molecule has 2 aromatic carbocycles. The van der Waals surface area contributed by atoms with E-state index < -0.39 is 0 Å². The number of hydrogen-bond donors (Lipinski definition) is 1. The van der Waals surface area contributed by atoms with Gasteiger partial charge < -0.3 is 10.1 Å². The fourth-order valence-electron chi connectivity index (χ4n) is 2.26. The highest BCUT2D eigenvalue weighted by atomic mass is 35.5. The molecule has 0 radical (unpaired) electrons. The maximum atomic E-state index is 5.92. The van der Waals surface area contributed by atoms with Gasteiger partial charge in [-0.1, -0.05) is 11.6 Å². The predicted molar refractivity (Wildman–Crippen MR) is 95.0 cm³/mol. The van der Waals surface area contributed by atoms with Crippen molar-refractivity contribution in [3.63, 3.8) is 0 Å². The number of nitrogens with one attached hydrogen (secondary N) is 1. The Balaban J connectivity index is 0.00000176. The average molecular weight is 335 g/mol. The monoisotopic (exact) mass is 334 g/mol. The predicted octanol–water partition coefficient (Wildman–Crippen LogP) is 5.37. The molecule has 1 heterocycles. The van der Waals surface area contributed by atoms with Crippen LogP contribution in [0.15, 0.2) is 48.5 Å². The largest absolute Gasteiger partial charge is 0.497 e. The summed E-state index contributed by atoms with van der Waals surface area (Å²) in [6.45, 7) is 1.98. The Kier molecular flexibility index (Phi) is 5.11. The van der Waals surface area contributed by atoms with Gasteiger partial charge in [0.2, 0.25) is 0 Å². The summed E-state index contributed by atoms with van der Waals surface area (Å²) in [7, 11) is 1.66. The summed E-state index contributed by atoms with van der Waals surface area (Å²) in [5.41, 5.74) is 3.88. The maximum absolute atomic E-state index is 5.92. The van der Waals surface area contributed by atoms with Crippen LogP contribution in [0.4, 0.5) is 11.4 Å². The highest BCUT2D eigenvalue weighted by Crippen LogP contribution is 2.29. The van der Waals surface area contributed by atoms with Gasteiger partial charge in [0.05, 0.1) is 12.6 Å². The van der Waals surface area contributed by atoms with Gasteiger partial charge in [-0.15, -0.1) is 12.4 Å². The molecular formula is C17H16Cl2N2O. The molecule has 3 nitrogen and oxygen atoms in total. The Morgan fingerprint density at radius 1 is 1.05 bits per heavy atom. The van der Waals surface area contributed by atoms with Crippen LogP contribution in [0.2, 0.25) is 5.02 Å². The zero-order valence-corrected chi connectivity index (χ0v) is 13.8. The van der Waals surface area contributed by atoms with Crippen molar-refractivity contribution in [3.05, 3.63) is 59.2 Å². The molecule has 0 atom stereocenters.